The maximum atomic E-state index is 4.71. The Balaban J connectivity index is 2.27. The Hall–Kier alpha value is -1.42. The number of rotatable bonds is 3. The van der Waals surface area contributed by atoms with Crippen LogP contribution in [0.2, 0.25) is 0 Å². The molecular formula is C17H22BrN3. The normalized spacial score (nSPS) is 11.5. The standard InChI is InChI=1S/C17H22BrN3/c1-12-7-6-8-13(9-12)11-21(5)15-10-14(18)19-16(20-15)17(2,3)4/h6-10H,11H2,1-5H3. The van der Waals surface area contributed by atoms with Crippen molar-refractivity contribution in [3.8, 4) is 0 Å². The van der Waals surface area contributed by atoms with Gasteiger partial charge >= 0.3 is 0 Å². The maximum Gasteiger partial charge on any atom is 0.137 e. The molecule has 0 aliphatic carbocycles. The largest absolute Gasteiger partial charge is 0.355 e. The van der Waals surface area contributed by atoms with Crippen LogP contribution in [0.4, 0.5) is 5.82 Å². The molecule has 0 aliphatic rings. The van der Waals surface area contributed by atoms with Gasteiger partial charge in [-0.2, -0.15) is 0 Å². The molecule has 3 nitrogen and oxygen atoms in total. The van der Waals surface area contributed by atoms with Crippen LogP contribution in [0, 0.1) is 6.92 Å². The van der Waals surface area contributed by atoms with Crippen molar-refractivity contribution < 1.29 is 0 Å². The summed E-state index contributed by atoms with van der Waals surface area (Å²) in [5.74, 6) is 1.78. The van der Waals surface area contributed by atoms with Crippen LogP contribution in [-0.2, 0) is 12.0 Å². The van der Waals surface area contributed by atoms with Crippen molar-refractivity contribution in [1.82, 2.24) is 9.97 Å². The van der Waals surface area contributed by atoms with Crippen molar-refractivity contribution in [1.29, 1.82) is 0 Å². The van der Waals surface area contributed by atoms with Gasteiger partial charge in [0.1, 0.15) is 16.2 Å². The second kappa shape index (κ2) is 6.14. The fourth-order valence-electron chi connectivity index (χ4n) is 2.10. The van der Waals surface area contributed by atoms with E-state index in [1.165, 1.54) is 11.1 Å². The zero-order chi connectivity index (χ0) is 15.6. The highest BCUT2D eigenvalue weighted by atomic mass is 79.9. The molecule has 1 aromatic carbocycles. The first kappa shape index (κ1) is 16.0. The van der Waals surface area contributed by atoms with Gasteiger partial charge in [-0.05, 0) is 28.4 Å². The zero-order valence-electron chi connectivity index (χ0n) is 13.3. The van der Waals surface area contributed by atoms with Crippen LogP contribution in [0.3, 0.4) is 0 Å². The summed E-state index contributed by atoms with van der Waals surface area (Å²) < 4.78 is 0.827. The summed E-state index contributed by atoms with van der Waals surface area (Å²) in [7, 11) is 2.06. The highest BCUT2D eigenvalue weighted by molar-refractivity contribution is 9.10. The van der Waals surface area contributed by atoms with Gasteiger partial charge in [0.15, 0.2) is 0 Å². The van der Waals surface area contributed by atoms with Crippen LogP contribution in [0.15, 0.2) is 34.9 Å². The summed E-state index contributed by atoms with van der Waals surface area (Å²) >= 11 is 3.49. The lowest BCUT2D eigenvalue weighted by Gasteiger charge is -2.22. The second-order valence-electron chi connectivity index (χ2n) is 6.47. The molecule has 0 N–H and O–H groups in total. The van der Waals surface area contributed by atoms with E-state index in [2.05, 4.69) is 84.8 Å². The summed E-state index contributed by atoms with van der Waals surface area (Å²) in [5, 5.41) is 0. The number of hydrogen-bond acceptors (Lipinski definition) is 3. The first-order chi connectivity index (χ1) is 9.75. The highest BCUT2D eigenvalue weighted by Crippen LogP contribution is 2.24. The molecule has 1 aromatic heterocycles. The van der Waals surface area contributed by atoms with E-state index < -0.39 is 0 Å². The highest BCUT2D eigenvalue weighted by Gasteiger charge is 2.19. The lowest BCUT2D eigenvalue weighted by Crippen LogP contribution is -2.22. The molecule has 0 aliphatic heterocycles. The van der Waals surface area contributed by atoms with Gasteiger partial charge in [-0.3, -0.25) is 0 Å². The van der Waals surface area contributed by atoms with Crippen molar-refractivity contribution in [2.45, 2.75) is 39.7 Å². The molecule has 0 bridgehead atoms. The molecule has 0 amide bonds. The minimum absolute atomic E-state index is 0.0668. The van der Waals surface area contributed by atoms with E-state index in [0.717, 1.165) is 22.8 Å². The number of aryl methyl sites for hydroxylation is 1. The van der Waals surface area contributed by atoms with Gasteiger partial charge in [0.05, 0.1) is 0 Å². The molecule has 0 saturated heterocycles. The van der Waals surface area contributed by atoms with Gasteiger partial charge in [0.2, 0.25) is 0 Å². The SMILES string of the molecule is Cc1cccc(CN(C)c2cc(Br)nc(C(C)(C)C)n2)c1. The summed E-state index contributed by atoms with van der Waals surface area (Å²) in [4.78, 5) is 11.3. The third-order valence-corrected chi connectivity index (χ3v) is 3.65. The van der Waals surface area contributed by atoms with E-state index in [1.54, 1.807) is 0 Å². The van der Waals surface area contributed by atoms with E-state index >= 15 is 0 Å². The summed E-state index contributed by atoms with van der Waals surface area (Å²) in [5.41, 5.74) is 2.49. The molecule has 0 fully saturated rings. The number of anilines is 1. The van der Waals surface area contributed by atoms with Gasteiger partial charge < -0.3 is 4.90 Å². The first-order valence-electron chi connectivity index (χ1n) is 7.07. The molecule has 0 atom stereocenters. The van der Waals surface area contributed by atoms with Crippen molar-refractivity contribution in [3.63, 3.8) is 0 Å². The fraction of sp³-hybridized carbons (Fsp3) is 0.412. The van der Waals surface area contributed by atoms with Gasteiger partial charge in [-0.1, -0.05) is 50.6 Å². The Morgan fingerprint density at radius 3 is 2.48 bits per heavy atom. The molecular weight excluding hydrogens is 326 g/mol. The third kappa shape index (κ3) is 4.27. The Kier molecular flexibility index (Phi) is 4.67. The zero-order valence-corrected chi connectivity index (χ0v) is 14.9. The van der Waals surface area contributed by atoms with Crippen LogP contribution in [0.5, 0.6) is 0 Å². The fourth-order valence-corrected chi connectivity index (χ4v) is 2.47. The minimum Gasteiger partial charge on any atom is -0.355 e. The van der Waals surface area contributed by atoms with Gasteiger partial charge in [0.25, 0.3) is 0 Å². The molecule has 1 heterocycles. The maximum absolute atomic E-state index is 4.71. The van der Waals surface area contributed by atoms with E-state index in [0.29, 0.717) is 0 Å². The molecule has 0 spiro atoms. The topological polar surface area (TPSA) is 29.0 Å². The third-order valence-electron chi connectivity index (χ3n) is 3.25. The summed E-state index contributed by atoms with van der Waals surface area (Å²) in [6.45, 7) is 9.31. The molecule has 0 saturated carbocycles. The molecule has 0 unspecified atom stereocenters. The van der Waals surface area contributed by atoms with Crippen molar-refractivity contribution in [2.24, 2.45) is 0 Å². The predicted octanol–water partition coefficient (Wildman–Crippen LogP) is 4.48. The molecule has 21 heavy (non-hydrogen) atoms. The number of halogens is 1. The van der Waals surface area contributed by atoms with Gasteiger partial charge in [-0.15, -0.1) is 0 Å². The van der Waals surface area contributed by atoms with Crippen LogP contribution >= 0.6 is 15.9 Å². The van der Waals surface area contributed by atoms with Crippen molar-refractivity contribution in [2.75, 3.05) is 11.9 Å². The molecule has 2 rings (SSSR count). The first-order valence-corrected chi connectivity index (χ1v) is 7.87. The number of hydrogen-bond donors (Lipinski definition) is 0. The van der Waals surface area contributed by atoms with Crippen LogP contribution in [0.1, 0.15) is 37.7 Å². The van der Waals surface area contributed by atoms with Crippen LogP contribution < -0.4 is 4.90 Å². The Bertz CT molecular complexity index is 632. The molecule has 112 valence electrons. The molecule has 4 heteroatoms. The average molecular weight is 348 g/mol. The predicted molar refractivity (Wildman–Crippen MR) is 91.7 cm³/mol. The smallest absolute Gasteiger partial charge is 0.137 e. The quantitative estimate of drug-likeness (QED) is 0.766. The average Bonchev–Trinajstić information content (AvgIpc) is 2.37. The van der Waals surface area contributed by atoms with Crippen molar-refractivity contribution in [3.05, 3.63) is 51.9 Å². The summed E-state index contributed by atoms with van der Waals surface area (Å²) in [6.07, 6.45) is 0. The lowest BCUT2D eigenvalue weighted by atomic mass is 9.96. The van der Waals surface area contributed by atoms with E-state index in [9.17, 15) is 0 Å². The lowest BCUT2D eigenvalue weighted by molar-refractivity contribution is 0.542. The van der Waals surface area contributed by atoms with Crippen molar-refractivity contribution >= 4 is 21.7 Å². The molecule has 0 radical (unpaired) electrons. The Labute approximate surface area is 135 Å². The van der Waals surface area contributed by atoms with Crippen LogP contribution in [-0.4, -0.2) is 17.0 Å². The number of benzene rings is 1. The number of aromatic nitrogens is 2. The Morgan fingerprint density at radius 2 is 1.86 bits per heavy atom. The van der Waals surface area contributed by atoms with Gasteiger partial charge in [0, 0.05) is 25.1 Å². The van der Waals surface area contributed by atoms with E-state index in [-0.39, 0.29) is 5.41 Å². The van der Waals surface area contributed by atoms with Crippen LogP contribution in [0.25, 0.3) is 0 Å². The van der Waals surface area contributed by atoms with Gasteiger partial charge in [-0.25, -0.2) is 9.97 Å². The monoisotopic (exact) mass is 347 g/mol. The summed E-state index contributed by atoms with van der Waals surface area (Å²) in [6, 6.07) is 10.5. The second-order valence-corrected chi connectivity index (χ2v) is 7.28. The Morgan fingerprint density at radius 1 is 1.14 bits per heavy atom. The molecule has 2 aromatic rings. The van der Waals surface area contributed by atoms with E-state index in [4.69, 9.17) is 4.98 Å². The van der Waals surface area contributed by atoms with E-state index in [1.807, 2.05) is 6.07 Å². The minimum atomic E-state index is -0.0668. The number of nitrogens with zero attached hydrogens (tertiary/aromatic N) is 3.